The standard InChI is InChI=1S/C28H25Cl2NO6/c1-35-26-19(13-20(29)27(36-2)22(26)30)24(32)21-23(18-11-5-8-15-7-3-4-10-17(15)18)31(28(34)25(21)33)14-16-9-6-12-37-16/h3-5,7-8,10-11,13,16,23,32H,6,9,12,14H2,1-2H3/b24-21+. The van der Waals surface area contributed by atoms with E-state index in [-0.39, 0.29) is 45.3 Å². The van der Waals surface area contributed by atoms with Gasteiger partial charge in [-0.15, -0.1) is 0 Å². The Hall–Kier alpha value is -3.26. The number of carbonyl (C=O) groups excluding carboxylic acids is 2. The normalized spacial score (nSPS) is 21.1. The summed E-state index contributed by atoms with van der Waals surface area (Å²) in [5.41, 5.74) is 0.718. The van der Waals surface area contributed by atoms with E-state index in [1.165, 1.54) is 25.2 Å². The minimum atomic E-state index is -0.861. The van der Waals surface area contributed by atoms with Crippen molar-refractivity contribution in [2.45, 2.75) is 25.0 Å². The van der Waals surface area contributed by atoms with Crippen molar-refractivity contribution in [3.05, 3.63) is 75.3 Å². The first kappa shape index (κ1) is 25.4. The number of Topliss-reactive ketones (excluding diaryl/α,β-unsaturated/α-hetero) is 1. The SMILES string of the molecule is COc1c(Cl)cc(/C(O)=C2\C(=O)C(=O)N(CC3CCCO3)C2c2cccc3ccccc23)c(OC)c1Cl. The Morgan fingerprint density at radius 1 is 1.08 bits per heavy atom. The largest absolute Gasteiger partial charge is 0.507 e. The lowest BCUT2D eigenvalue weighted by Gasteiger charge is -2.28. The van der Waals surface area contributed by atoms with Gasteiger partial charge in [-0.2, -0.15) is 0 Å². The van der Waals surface area contributed by atoms with Crippen molar-refractivity contribution in [1.29, 1.82) is 0 Å². The first-order valence-corrected chi connectivity index (χ1v) is 12.6. The lowest BCUT2D eigenvalue weighted by molar-refractivity contribution is -0.140. The number of nitrogens with zero attached hydrogens (tertiary/aromatic N) is 1. The van der Waals surface area contributed by atoms with Gasteiger partial charge in [0.2, 0.25) is 0 Å². The maximum Gasteiger partial charge on any atom is 0.295 e. The summed E-state index contributed by atoms with van der Waals surface area (Å²) in [6, 6.07) is 13.9. The molecule has 3 aromatic rings. The molecule has 2 saturated heterocycles. The average molecular weight is 542 g/mol. The molecule has 2 heterocycles. The fourth-order valence-electron chi connectivity index (χ4n) is 5.18. The topological polar surface area (TPSA) is 85.3 Å². The van der Waals surface area contributed by atoms with E-state index in [4.69, 9.17) is 37.4 Å². The molecule has 3 aromatic carbocycles. The van der Waals surface area contributed by atoms with Gasteiger partial charge in [-0.3, -0.25) is 9.59 Å². The van der Waals surface area contributed by atoms with E-state index in [0.717, 1.165) is 23.6 Å². The van der Waals surface area contributed by atoms with Crippen LogP contribution in [0.4, 0.5) is 0 Å². The number of fused-ring (bicyclic) bond motifs is 1. The predicted molar refractivity (Wildman–Crippen MR) is 141 cm³/mol. The average Bonchev–Trinajstić information content (AvgIpc) is 3.50. The molecule has 2 fully saturated rings. The Morgan fingerprint density at radius 2 is 1.81 bits per heavy atom. The van der Waals surface area contributed by atoms with Crippen LogP contribution in [0.2, 0.25) is 10.0 Å². The van der Waals surface area contributed by atoms with Crippen molar-refractivity contribution in [2.24, 2.45) is 0 Å². The zero-order valence-electron chi connectivity index (χ0n) is 20.3. The molecule has 2 aliphatic heterocycles. The van der Waals surface area contributed by atoms with Gasteiger partial charge in [-0.1, -0.05) is 65.7 Å². The number of ketones is 1. The monoisotopic (exact) mass is 541 g/mol. The van der Waals surface area contributed by atoms with Crippen molar-refractivity contribution in [1.82, 2.24) is 4.90 Å². The summed E-state index contributed by atoms with van der Waals surface area (Å²) in [5.74, 6) is -1.71. The Labute approximate surface area is 224 Å². The summed E-state index contributed by atoms with van der Waals surface area (Å²) in [6.45, 7) is 0.823. The number of aliphatic hydroxyl groups is 1. The van der Waals surface area contributed by atoms with Gasteiger partial charge in [0.1, 0.15) is 10.8 Å². The third-order valence-electron chi connectivity index (χ3n) is 6.88. The van der Waals surface area contributed by atoms with Crippen molar-refractivity contribution in [2.75, 3.05) is 27.4 Å². The predicted octanol–water partition coefficient (Wildman–Crippen LogP) is 5.76. The summed E-state index contributed by atoms with van der Waals surface area (Å²) in [4.78, 5) is 28.4. The molecule has 9 heteroatoms. The van der Waals surface area contributed by atoms with Crippen LogP contribution in [0, 0.1) is 0 Å². The second-order valence-electron chi connectivity index (χ2n) is 8.94. The summed E-state index contributed by atoms with van der Waals surface area (Å²) in [6.07, 6.45) is 1.46. The molecule has 2 atom stereocenters. The lowest BCUT2D eigenvalue weighted by atomic mass is 9.91. The summed E-state index contributed by atoms with van der Waals surface area (Å²) < 4.78 is 16.5. The molecular formula is C28H25Cl2NO6. The Balaban J connectivity index is 1.76. The molecule has 7 nitrogen and oxygen atoms in total. The molecule has 1 amide bonds. The van der Waals surface area contributed by atoms with Gasteiger partial charge in [-0.05, 0) is 35.2 Å². The molecule has 0 aliphatic carbocycles. The van der Waals surface area contributed by atoms with Crippen molar-refractivity contribution < 1.29 is 28.9 Å². The first-order chi connectivity index (χ1) is 17.9. The highest BCUT2D eigenvalue weighted by Crippen LogP contribution is 2.48. The van der Waals surface area contributed by atoms with Crippen LogP contribution in [0.25, 0.3) is 16.5 Å². The number of hydrogen-bond donors (Lipinski definition) is 1. The zero-order valence-corrected chi connectivity index (χ0v) is 21.8. The van der Waals surface area contributed by atoms with Gasteiger partial charge in [0.15, 0.2) is 11.5 Å². The van der Waals surface area contributed by atoms with E-state index < -0.39 is 23.5 Å². The third kappa shape index (κ3) is 4.31. The number of methoxy groups -OCH3 is 2. The second-order valence-corrected chi connectivity index (χ2v) is 9.73. The van der Waals surface area contributed by atoms with E-state index in [9.17, 15) is 14.7 Å². The van der Waals surface area contributed by atoms with Gasteiger partial charge in [0, 0.05) is 13.2 Å². The summed E-state index contributed by atoms with van der Waals surface area (Å²) in [5, 5.41) is 13.6. The highest BCUT2D eigenvalue weighted by Gasteiger charge is 2.48. The minimum Gasteiger partial charge on any atom is -0.507 e. The second kappa shape index (κ2) is 10.2. The van der Waals surface area contributed by atoms with E-state index in [1.54, 1.807) is 0 Å². The van der Waals surface area contributed by atoms with Crippen LogP contribution in [-0.4, -0.2) is 55.2 Å². The fourth-order valence-corrected chi connectivity index (χ4v) is 5.87. The number of likely N-dealkylation sites (tertiary alicyclic amines) is 1. The maximum atomic E-state index is 13.5. The molecule has 0 aromatic heterocycles. The van der Waals surface area contributed by atoms with Gasteiger partial charge in [-0.25, -0.2) is 0 Å². The number of amides is 1. The fraction of sp³-hybridized carbons (Fsp3) is 0.286. The molecule has 0 saturated carbocycles. The van der Waals surface area contributed by atoms with Crippen LogP contribution in [0.1, 0.15) is 30.0 Å². The van der Waals surface area contributed by atoms with Crippen molar-refractivity contribution >= 4 is 51.4 Å². The van der Waals surface area contributed by atoms with Crippen LogP contribution < -0.4 is 9.47 Å². The number of hydrogen-bond acceptors (Lipinski definition) is 6. The molecule has 192 valence electrons. The van der Waals surface area contributed by atoms with Gasteiger partial charge < -0.3 is 24.2 Å². The third-order valence-corrected chi connectivity index (χ3v) is 7.50. The van der Waals surface area contributed by atoms with E-state index in [1.807, 2.05) is 42.5 Å². The quantitative estimate of drug-likeness (QED) is 0.242. The molecule has 0 bridgehead atoms. The molecule has 1 N–H and O–H groups in total. The molecule has 0 radical (unpaired) electrons. The van der Waals surface area contributed by atoms with Gasteiger partial charge in [0.25, 0.3) is 11.7 Å². The molecule has 37 heavy (non-hydrogen) atoms. The van der Waals surface area contributed by atoms with Gasteiger partial charge >= 0.3 is 0 Å². The number of rotatable bonds is 6. The highest BCUT2D eigenvalue weighted by molar-refractivity contribution is 6.47. The van der Waals surface area contributed by atoms with E-state index >= 15 is 0 Å². The lowest BCUT2D eigenvalue weighted by Crippen LogP contribution is -2.36. The zero-order chi connectivity index (χ0) is 26.3. The van der Waals surface area contributed by atoms with Crippen LogP contribution in [0.5, 0.6) is 11.5 Å². The van der Waals surface area contributed by atoms with E-state index in [0.29, 0.717) is 12.2 Å². The number of aliphatic hydroxyl groups excluding tert-OH is 1. The number of carbonyl (C=O) groups is 2. The highest BCUT2D eigenvalue weighted by atomic mass is 35.5. The maximum absolute atomic E-state index is 13.5. The molecule has 2 unspecified atom stereocenters. The van der Waals surface area contributed by atoms with Crippen LogP contribution in [-0.2, 0) is 14.3 Å². The summed E-state index contributed by atoms with van der Waals surface area (Å²) in [7, 11) is 2.78. The van der Waals surface area contributed by atoms with Crippen LogP contribution in [0.3, 0.4) is 0 Å². The molecule has 5 rings (SSSR count). The van der Waals surface area contributed by atoms with Crippen molar-refractivity contribution in [3.63, 3.8) is 0 Å². The number of ether oxygens (including phenoxy) is 3. The summed E-state index contributed by atoms with van der Waals surface area (Å²) >= 11 is 12.8. The molecule has 2 aliphatic rings. The van der Waals surface area contributed by atoms with Crippen LogP contribution >= 0.6 is 23.2 Å². The van der Waals surface area contributed by atoms with Crippen molar-refractivity contribution in [3.8, 4) is 11.5 Å². The smallest absolute Gasteiger partial charge is 0.295 e. The number of halogens is 2. The van der Waals surface area contributed by atoms with Crippen LogP contribution in [0.15, 0.2) is 54.1 Å². The molecular weight excluding hydrogens is 517 g/mol. The molecule has 0 spiro atoms. The Morgan fingerprint density at radius 3 is 2.51 bits per heavy atom. The first-order valence-electron chi connectivity index (χ1n) is 11.8. The van der Waals surface area contributed by atoms with Gasteiger partial charge in [0.05, 0.1) is 42.5 Å². The number of benzene rings is 3. The van der Waals surface area contributed by atoms with E-state index in [2.05, 4.69) is 0 Å². The minimum absolute atomic E-state index is 0.0364. The Bertz CT molecular complexity index is 1420. The Kier molecular flexibility index (Phi) is 7.03.